The van der Waals surface area contributed by atoms with Gasteiger partial charge in [-0.25, -0.2) is 4.79 Å². The van der Waals surface area contributed by atoms with E-state index in [1.54, 1.807) is 17.8 Å². The third-order valence-corrected chi connectivity index (χ3v) is 4.86. The first-order valence-corrected chi connectivity index (χ1v) is 9.45. The summed E-state index contributed by atoms with van der Waals surface area (Å²) in [7, 11) is 0. The summed E-state index contributed by atoms with van der Waals surface area (Å²) in [4.78, 5) is 25.0. The third kappa shape index (κ3) is 5.31. The van der Waals surface area contributed by atoms with Gasteiger partial charge in [-0.15, -0.1) is 0 Å². The summed E-state index contributed by atoms with van der Waals surface area (Å²) in [5.41, 5.74) is 1.19. The number of carbonyl (C=O) groups excluding carboxylic acids is 2. The first-order valence-electron chi connectivity index (χ1n) is 9.45. The molecule has 0 aliphatic heterocycles. The molecule has 1 aliphatic carbocycles. The van der Waals surface area contributed by atoms with Crippen LogP contribution in [0.3, 0.4) is 0 Å². The molecule has 6 heteroatoms. The summed E-state index contributed by atoms with van der Waals surface area (Å²) in [6.45, 7) is 7.94. The van der Waals surface area contributed by atoms with E-state index in [0.29, 0.717) is 30.2 Å². The maximum Gasteiger partial charge on any atom is 0.328 e. The Hall–Kier alpha value is -1.85. The Morgan fingerprint density at radius 3 is 2.56 bits per heavy atom. The van der Waals surface area contributed by atoms with Gasteiger partial charge in [0.25, 0.3) is 5.91 Å². The van der Waals surface area contributed by atoms with E-state index < -0.39 is 6.04 Å². The van der Waals surface area contributed by atoms with Gasteiger partial charge >= 0.3 is 5.97 Å². The molecule has 0 saturated heterocycles. The number of aryl methyl sites for hydroxylation is 1. The summed E-state index contributed by atoms with van der Waals surface area (Å²) in [5, 5.41) is 7.27. The van der Waals surface area contributed by atoms with Gasteiger partial charge in [-0.3, -0.25) is 9.48 Å². The molecule has 1 aliphatic rings. The zero-order valence-electron chi connectivity index (χ0n) is 15.9. The van der Waals surface area contributed by atoms with Gasteiger partial charge in [0.05, 0.1) is 17.9 Å². The minimum Gasteiger partial charge on any atom is -0.464 e. The van der Waals surface area contributed by atoms with Crippen LogP contribution in [0.25, 0.3) is 0 Å². The van der Waals surface area contributed by atoms with Gasteiger partial charge in [0.15, 0.2) is 0 Å². The lowest BCUT2D eigenvalue weighted by atomic mass is 9.84. The third-order valence-electron chi connectivity index (χ3n) is 4.86. The average molecular weight is 349 g/mol. The number of carbonyl (C=O) groups is 2. The molecule has 6 nitrogen and oxygen atoms in total. The Bertz CT molecular complexity index is 589. The largest absolute Gasteiger partial charge is 0.464 e. The number of aromatic nitrogens is 2. The number of nitrogens with one attached hydrogen (secondary N) is 1. The van der Waals surface area contributed by atoms with Crippen LogP contribution in [0.5, 0.6) is 0 Å². The second-order valence-corrected chi connectivity index (χ2v) is 7.22. The van der Waals surface area contributed by atoms with Crippen molar-refractivity contribution in [3.05, 3.63) is 17.5 Å². The lowest BCUT2D eigenvalue weighted by molar-refractivity contribution is -0.146. The molecular weight excluding hydrogens is 318 g/mol. The second-order valence-electron chi connectivity index (χ2n) is 7.22. The van der Waals surface area contributed by atoms with Crippen LogP contribution in [0.15, 0.2) is 6.20 Å². The van der Waals surface area contributed by atoms with E-state index >= 15 is 0 Å². The van der Waals surface area contributed by atoms with Gasteiger partial charge in [0.1, 0.15) is 6.04 Å². The smallest absolute Gasteiger partial charge is 0.328 e. The Balaban J connectivity index is 2.08. The van der Waals surface area contributed by atoms with Gasteiger partial charge in [-0.05, 0) is 40.0 Å². The molecule has 0 aromatic carbocycles. The van der Waals surface area contributed by atoms with E-state index in [9.17, 15) is 9.59 Å². The van der Waals surface area contributed by atoms with E-state index in [-0.39, 0.29) is 17.9 Å². The Morgan fingerprint density at radius 1 is 1.32 bits per heavy atom. The molecule has 2 rings (SSSR count). The lowest BCUT2D eigenvalue weighted by Crippen LogP contribution is -2.43. The van der Waals surface area contributed by atoms with Gasteiger partial charge in [0.2, 0.25) is 0 Å². The maximum absolute atomic E-state index is 12.7. The molecule has 1 atom stereocenters. The topological polar surface area (TPSA) is 73.2 Å². The first kappa shape index (κ1) is 19.5. The molecule has 1 N–H and O–H groups in total. The van der Waals surface area contributed by atoms with Gasteiger partial charge in [-0.1, -0.05) is 32.1 Å². The molecule has 1 heterocycles. The van der Waals surface area contributed by atoms with Crippen molar-refractivity contribution >= 4 is 11.9 Å². The molecule has 25 heavy (non-hydrogen) atoms. The predicted octanol–water partition coefficient (Wildman–Crippen LogP) is 3.40. The van der Waals surface area contributed by atoms with Crippen molar-refractivity contribution in [2.75, 3.05) is 6.61 Å². The minimum absolute atomic E-state index is 0.184. The van der Waals surface area contributed by atoms with Gasteiger partial charge in [-0.2, -0.15) is 5.10 Å². The molecular formula is C19H31N3O3. The number of rotatable bonds is 7. The summed E-state index contributed by atoms with van der Waals surface area (Å²) >= 11 is 0. The standard InChI is InChI=1S/C19H31N3O3/c1-5-25-19(24)17(11-15-9-7-6-8-10-15)20-18(23)16-12-22(13(2)3)21-14(16)4/h12-13,15,17H,5-11H2,1-4H3,(H,20,23)/t17-/m0/s1. The Labute approximate surface area is 150 Å². The van der Waals surface area contributed by atoms with Crippen molar-refractivity contribution in [1.82, 2.24) is 15.1 Å². The van der Waals surface area contributed by atoms with Gasteiger partial charge < -0.3 is 10.1 Å². The monoisotopic (exact) mass is 349 g/mol. The fourth-order valence-corrected chi connectivity index (χ4v) is 3.42. The highest BCUT2D eigenvalue weighted by molar-refractivity contribution is 5.97. The highest BCUT2D eigenvalue weighted by Crippen LogP contribution is 2.27. The molecule has 0 unspecified atom stereocenters. The molecule has 1 aromatic heterocycles. The Kier molecular flexibility index (Phi) is 7.02. The summed E-state index contributed by atoms with van der Waals surface area (Å²) in [6, 6.07) is -0.402. The van der Waals surface area contributed by atoms with E-state index in [2.05, 4.69) is 10.4 Å². The number of ether oxygens (including phenoxy) is 1. The predicted molar refractivity (Wildman–Crippen MR) is 96.4 cm³/mol. The fraction of sp³-hybridized carbons (Fsp3) is 0.737. The molecule has 1 aromatic rings. The number of amides is 1. The van der Waals surface area contributed by atoms with Crippen LogP contribution >= 0.6 is 0 Å². The number of hydrogen-bond acceptors (Lipinski definition) is 4. The van der Waals surface area contributed by atoms with Crippen LogP contribution in [-0.2, 0) is 9.53 Å². The van der Waals surface area contributed by atoms with Crippen LogP contribution in [0.1, 0.15) is 81.4 Å². The molecule has 0 spiro atoms. The number of nitrogens with zero attached hydrogens (tertiary/aromatic N) is 2. The normalized spacial score (nSPS) is 16.7. The number of hydrogen-bond donors (Lipinski definition) is 1. The summed E-state index contributed by atoms with van der Waals surface area (Å²) < 4.78 is 6.95. The molecule has 1 saturated carbocycles. The second kappa shape index (κ2) is 9.02. The molecule has 0 radical (unpaired) electrons. The van der Waals surface area contributed by atoms with Crippen molar-refractivity contribution in [2.24, 2.45) is 5.92 Å². The summed E-state index contributed by atoms with van der Waals surface area (Å²) in [6.07, 6.45) is 8.32. The highest BCUT2D eigenvalue weighted by Gasteiger charge is 2.28. The van der Waals surface area contributed by atoms with Crippen LogP contribution in [-0.4, -0.2) is 34.3 Å². The van der Waals surface area contributed by atoms with Crippen molar-refractivity contribution < 1.29 is 14.3 Å². The Morgan fingerprint density at radius 2 is 2.00 bits per heavy atom. The molecule has 1 amide bonds. The van der Waals surface area contributed by atoms with E-state index in [1.807, 2.05) is 20.8 Å². The van der Waals surface area contributed by atoms with Crippen molar-refractivity contribution in [3.63, 3.8) is 0 Å². The number of esters is 1. The molecule has 140 valence electrons. The van der Waals surface area contributed by atoms with E-state index in [1.165, 1.54) is 19.3 Å². The van der Waals surface area contributed by atoms with E-state index in [4.69, 9.17) is 4.74 Å². The van der Waals surface area contributed by atoms with Crippen LogP contribution in [0.2, 0.25) is 0 Å². The average Bonchev–Trinajstić information content (AvgIpc) is 2.97. The van der Waals surface area contributed by atoms with Crippen LogP contribution in [0, 0.1) is 12.8 Å². The van der Waals surface area contributed by atoms with Crippen molar-refractivity contribution in [1.29, 1.82) is 0 Å². The van der Waals surface area contributed by atoms with Crippen molar-refractivity contribution in [3.8, 4) is 0 Å². The summed E-state index contributed by atoms with van der Waals surface area (Å²) in [5.74, 6) is -0.114. The highest BCUT2D eigenvalue weighted by atomic mass is 16.5. The van der Waals surface area contributed by atoms with Crippen molar-refractivity contribution in [2.45, 2.75) is 78.3 Å². The quantitative estimate of drug-likeness (QED) is 0.766. The zero-order valence-corrected chi connectivity index (χ0v) is 15.9. The van der Waals surface area contributed by atoms with E-state index in [0.717, 1.165) is 12.8 Å². The van der Waals surface area contributed by atoms with Gasteiger partial charge in [0, 0.05) is 12.2 Å². The fourth-order valence-electron chi connectivity index (χ4n) is 3.42. The molecule has 0 bridgehead atoms. The van der Waals surface area contributed by atoms with Crippen LogP contribution < -0.4 is 5.32 Å². The maximum atomic E-state index is 12.7. The molecule has 1 fully saturated rings. The SMILES string of the molecule is CCOC(=O)[C@H](CC1CCCCC1)NC(=O)c1cn(C(C)C)nc1C. The lowest BCUT2D eigenvalue weighted by Gasteiger charge is -2.26. The van der Waals surface area contributed by atoms with Crippen LogP contribution in [0.4, 0.5) is 0 Å². The minimum atomic E-state index is -0.586. The first-order chi connectivity index (χ1) is 11.9. The zero-order chi connectivity index (χ0) is 18.4.